The number of hydrogen-bond donors (Lipinski definition) is 0. The molecular formula is C9H10BrN. The van der Waals surface area contributed by atoms with Crippen LogP contribution in [0, 0.1) is 6.85 Å². The van der Waals surface area contributed by atoms with Crippen molar-refractivity contribution in [1.29, 1.82) is 0 Å². The lowest BCUT2D eigenvalue weighted by molar-refractivity contribution is 1.03. The Kier molecular flexibility index (Phi) is 0.840. The standard InChI is InChI=1S/C9H10BrN/c1-6-9(7-2-3-7)8(10)4-5-11-6/h4-5,7H,2-3H2,1H3/i1D3,4D,5D. The molecule has 1 heterocycles. The van der Waals surface area contributed by atoms with Crippen LogP contribution in [0.5, 0.6) is 0 Å². The molecule has 0 saturated heterocycles. The highest BCUT2D eigenvalue weighted by Crippen LogP contribution is 2.44. The summed E-state index contributed by atoms with van der Waals surface area (Å²) in [6.07, 6.45) is 1.57. The molecule has 0 N–H and O–H groups in total. The highest BCUT2D eigenvalue weighted by atomic mass is 79.9. The third-order valence-electron chi connectivity index (χ3n) is 1.81. The number of aromatic nitrogens is 1. The van der Waals surface area contributed by atoms with Crippen LogP contribution in [0.3, 0.4) is 0 Å². The predicted molar refractivity (Wildman–Crippen MR) is 48.6 cm³/mol. The first-order chi connectivity index (χ1) is 7.32. The van der Waals surface area contributed by atoms with Gasteiger partial charge in [0, 0.05) is 20.5 Å². The maximum absolute atomic E-state index is 7.63. The molecule has 58 valence electrons. The van der Waals surface area contributed by atoms with Crippen molar-refractivity contribution in [3.8, 4) is 0 Å². The molecule has 0 radical (unpaired) electrons. The summed E-state index contributed by atoms with van der Waals surface area (Å²) < 4.78 is 37.7. The average molecular weight is 217 g/mol. The molecule has 0 spiro atoms. The van der Waals surface area contributed by atoms with Crippen LogP contribution in [0.15, 0.2) is 16.7 Å². The van der Waals surface area contributed by atoms with Crippen molar-refractivity contribution in [2.75, 3.05) is 0 Å². The van der Waals surface area contributed by atoms with Crippen LogP contribution < -0.4 is 0 Å². The van der Waals surface area contributed by atoms with Crippen LogP contribution in [0.4, 0.5) is 0 Å². The molecular weight excluding hydrogens is 202 g/mol. The van der Waals surface area contributed by atoms with Gasteiger partial charge in [-0.3, -0.25) is 4.98 Å². The Morgan fingerprint density at radius 2 is 2.64 bits per heavy atom. The summed E-state index contributed by atoms with van der Waals surface area (Å²) in [5.74, 6) is 0.182. The highest BCUT2D eigenvalue weighted by molar-refractivity contribution is 9.10. The van der Waals surface area contributed by atoms with E-state index in [4.69, 9.17) is 6.85 Å². The second-order valence-electron chi connectivity index (χ2n) is 2.70. The van der Waals surface area contributed by atoms with Gasteiger partial charge in [-0.05, 0) is 37.2 Å². The second-order valence-corrected chi connectivity index (χ2v) is 3.49. The molecule has 0 aromatic carbocycles. The highest BCUT2D eigenvalue weighted by Gasteiger charge is 2.27. The van der Waals surface area contributed by atoms with Crippen LogP contribution in [0.1, 0.15) is 36.9 Å². The molecule has 2 heteroatoms. The van der Waals surface area contributed by atoms with Crippen LogP contribution in [0.25, 0.3) is 0 Å². The first kappa shape index (κ1) is 3.56. The minimum absolute atomic E-state index is 0.0251. The third kappa shape index (κ3) is 1.32. The van der Waals surface area contributed by atoms with Crippen molar-refractivity contribution in [3.05, 3.63) is 27.9 Å². The van der Waals surface area contributed by atoms with Gasteiger partial charge in [0.15, 0.2) is 0 Å². The molecule has 0 bridgehead atoms. The first-order valence-corrected chi connectivity index (χ1v) is 4.28. The smallest absolute Gasteiger partial charge is 0.0840 e. The molecule has 1 aliphatic rings. The van der Waals surface area contributed by atoms with Gasteiger partial charge in [-0.2, -0.15) is 0 Å². The Bertz CT molecular complexity index is 439. The molecule has 1 aromatic heterocycles. The minimum Gasteiger partial charge on any atom is -0.261 e. The van der Waals surface area contributed by atoms with Crippen molar-refractivity contribution in [2.24, 2.45) is 0 Å². The lowest BCUT2D eigenvalue weighted by atomic mass is 10.1. The fourth-order valence-corrected chi connectivity index (χ4v) is 1.71. The van der Waals surface area contributed by atoms with Gasteiger partial charge in [0.25, 0.3) is 0 Å². The van der Waals surface area contributed by atoms with Gasteiger partial charge in [-0.1, -0.05) is 15.9 Å². The molecule has 1 aromatic rings. The maximum atomic E-state index is 7.63. The average Bonchev–Trinajstić information content (AvgIpc) is 2.95. The van der Waals surface area contributed by atoms with Gasteiger partial charge in [-0.15, -0.1) is 0 Å². The van der Waals surface area contributed by atoms with E-state index in [1.807, 2.05) is 0 Å². The minimum atomic E-state index is -2.32. The van der Waals surface area contributed by atoms with Crippen molar-refractivity contribution >= 4 is 15.9 Å². The van der Waals surface area contributed by atoms with E-state index in [0.717, 1.165) is 12.8 Å². The monoisotopic (exact) mass is 216 g/mol. The van der Waals surface area contributed by atoms with E-state index in [1.165, 1.54) is 0 Å². The first-order valence-electron chi connectivity index (χ1n) is 5.99. The van der Waals surface area contributed by atoms with Gasteiger partial charge in [0.05, 0.1) is 2.74 Å². The van der Waals surface area contributed by atoms with E-state index in [-0.39, 0.29) is 23.8 Å². The number of rotatable bonds is 1. The quantitative estimate of drug-likeness (QED) is 0.704. The summed E-state index contributed by atoms with van der Waals surface area (Å²) >= 11 is 3.22. The Morgan fingerprint density at radius 3 is 3.27 bits per heavy atom. The van der Waals surface area contributed by atoms with Crippen LogP contribution in [0.2, 0.25) is 0 Å². The summed E-state index contributed by atoms with van der Waals surface area (Å²) in [6, 6.07) is -0.0325. The summed E-state index contributed by atoms with van der Waals surface area (Å²) in [4.78, 5) is 3.75. The zero-order valence-electron chi connectivity index (χ0n) is 10.8. The van der Waals surface area contributed by atoms with Crippen LogP contribution >= 0.6 is 15.9 Å². The molecule has 0 amide bonds. The Morgan fingerprint density at radius 1 is 1.82 bits per heavy atom. The molecule has 1 saturated carbocycles. The van der Waals surface area contributed by atoms with E-state index in [2.05, 4.69) is 20.9 Å². The summed E-state index contributed by atoms with van der Waals surface area (Å²) in [7, 11) is 0. The second kappa shape index (κ2) is 2.59. The van der Waals surface area contributed by atoms with E-state index in [1.54, 1.807) is 0 Å². The van der Waals surface area contributed by atoms with Crippen molar-refractivity contribution in [1.82, 2.24) is 4.98 Å². The molecule has 0 unspecified atom stereocenters. The predicted octanol–water partition coefficient (Wildman–Crippen LogP) is 3.03. The third-order valence-corrected chi connectivity index (χ3v) is 2.44. The molecule has 1 nitrogen and oxygen atoms in total. The van der Waals surface area contributed by atoms with E-state index >= 15 is 0 Å². The Labute approximate surface area is 82.0 Å². The maximum Gasteiger partial charge on any atom is 0.0840 e. The zero-order valence-corrected chi connectivity index (χ0v) is 7.40. The van der Waals surface area contributed by atoms with Crippen molar-refractivity contribution in [2.45, 2.75) is 25.6 Å². The van der Waals surface area contributed by atoms with Gasteiger partial charge in [0.1, 0.15) is 0 Å². The lowest BCUT2D eigenvalue weighted by Gasteiger charge is -2.04. The van der Waals surface area contributed by atoms with Gasteiger partial charge in [-0.25, -0.2) is 0 Å². The summed E-state index contributed by atoms with van der Waals surface area (Å²) in [5, 5.41) is 0. The van der Waals surface area contributed by atoms with Gasteiger partial charge < -0.3 is 0 Å². The molecule has 11 heavy (non-hydrogen) atoms. The number of nitrogens with zero attached hydrogens (tertiary/aromatic N) is 1. The number of hydrogen-bond acceptors (Lipinski definition) is 1. The van der Waals surface area contributed by atoms with Crippen molar-refractivity contribution in [3.63, 3.8) is 0 Å². The molecule has 2 rings (SSSR count). The van der Waals surface area contributed by atoms with E-state index < -0.39 is 6.85 Å². The SMILES string of the molecule is [2H]c1nc(C([2H])([2H])[2H])c(C2CC2)c(Br)c1[2H]. The normalized spacial score (nSPS) is 24.6. The van der Waals surface area contributed by atoms with Crippen LogP contribution in [-0.4, -0.2) is 4.98 Å². The Hall–Kier alpha value is -0.370. The van der Waals surface area contributed by atoms with Gasteiger partial charge >= 0.3 is 0 Å². The zero-order chi connectivity index (χ0) is 12.1. The van der Waals surface area contributed by atoms with E-state index in [9.17, 15) is 0 Å². The van der Waals surface area contributed by atoms with E-state index in [0.29, 0.717) is 10.0 Å². The molecule has 0 aliphatic heterocycles. The fraction of sp³-hybridized carbons (Fsp3) is 0.444. The Balaban J connectivity index is 2.67. The number of halogens is 1. The van der Waals surface area contributed by atoms with Crippen molar-refractivity contribution < 1.29 is 6.85 Å². The fourth-order valence-electron chi connectivity index (χ4n) is 1.11. The topological polar surface area (TPSA) is 12.9 Å². The molecule has 1 aliphatic carbocycles. The lowest BCUT2D eigenvalue weighted by Crippen LogP contribution is -1.90. The summed E-state index contributed by atoms with van der Waals surface area (Å²) in [6.45, 7) is -2.32. The largest absolute Gasteiger partial charge is 0.261 e. The number of pyridine rings is 1. The number of aryl methyl sites for hydroxylation is 1. The van der Waals surface area contributed by atoms with Gasteiger partial charge in [0.2, 0.25) is 0 Å². The summed E-state index contributed by atoms with van der Waals surface area (Å²) in [5.41, 5.74) is 0.573. The molecule has 1 fully saturated rings. The van der Waals surface area contributed by atoms with Crippen LogP contribution in [-0.2, 0) is 0 Å². The molecule has 0 atom stereocenters.